The first kappa shape index (κ1) is 17.7. The molecule has 5 unspecified atom stereocenters. The molecule has 0 saturated carbocycles. The zero-order valence-corrected chi connectivity index (χ0v) is 15.0. The molecule has 1 N–H and O–H groups in total. The molecular formula is C20H24O5. The predicted octanol–water partition coefficient (Wildman–Crippen LogP) is 2.62. The van der Waals surface area contributed by atoms with E-state index in [0.29, 0.717) is 12.0 Å². The fourth-order valence-corrected chi connectivity index (χ4v) is 4.09. The minimum atomic E-state index is -1.13. The van der Waals surface area contributed by atoms with Gasteiger partial charge < -0.3 is 14.6 Å². The highest BCUT2D eigenvalue weighted by Gasteiger charge is 2.58. The van der Waals surface area contributed by atoms with Crippen LogP contribution in [0, 0.1) is 11.8 Å². The maximum atomic E-state index is 12.3. The summed E-state index contributed by atoms with van der Waals surface area (Å²) in [6.07, 6.45) is 4.55. The van der Waals surface area contributed by atoms with E-state index in [9.17, 15) is 14.7 Å². The Hall–Kier alpha value is -2.14. The molecule has 0 amide bonds. The second-order valence-electron chi connectivity index (χ2n) is 7.17. The Morgan fingerprint density at radius 2 is 2.16 bits per heavy atom. The lowest BCUT2D eigenvalue weighted by Gasteiger charge is -2.35. The van der Waals surface area contributed by atoms with Crippen LogP contribution >= 0.6 is 0 Å². The summed E-state index contributed by atoms with van der Waals surface area (Å²) >= 11 is 0. The molecular weight excluding hydrogens is 320 g/mol. The van der Waals surface area contributed by atoms with Gasteiger partial charge in [-0.2, -0.15) is 0 Å². The molecule has 5 heteroatoms. The van der Waals surface area contributed by atoms with Crippen molar-refractivity contribution in [2.45, 2.75) is 51.9 Å². The van der Waals surface area contributed by atoms with Crippen molar-refractivity contribution in [2.24, 2.45) is 11.8 Å². The third-order valence-electron chi connectivity index (χ3n) is 5.78. The molecule has 5 nitrogen and oxygen atoms in total. The van der Waals surface area contributed by atoms with E-state index in [4.69, 9.17) is 9.47 Å². The summed E-state index contributed by atoms with van der Waals surface area (Å²) in [5.74, 6) is -1.80. The highest BCUT2D eigenvalue weighted by molar-refractivity contribution is 5.92. The van der Waals surface area contributed by atoms with Crippen molar-refractivity contribution >= 4 is 11.9 Å². The van der Waals surface area contributed by atoms with Gasteiger partial charge in [0.05, 0.1) is 17.4 Å². The van der Waals surface area contributed by atoms with Crippen LogP contribution in [-0.4, -0.2) is 34.9 Å². The largest absolute Gasteiger partial charge is 0.457 e. The summed E-state index contributed by atoms with van der Waals surface area (Å²) < 4.78 is 11.2. The van der Waals surface area contributed by atoms with E-state index in [-0.39, 0.29) is 11.5 Å². The van der Waals surface area contributed by atoms with Crippen molar-refractivity contribution in [2.75, 3.05) is 0 Å². The van der Waals surface area contributed by atoms with Gasteiger partial charge in [-0.1, -0.05) is 24.3 Å². The van der Waals surface area contributed by atoms with Gasteiger partial charge in [-0.05, 0) is 45.8 Å². The third kappa shape index (κ3) is 2.58. The van der Waals surface area contributed by atoms with E-state index in [0.717, 1.165) is 11.1 Å². The van der Waals surface area contributed by atoms with E-state index in [1.165, 1.54) is 0 Å². The summed E-state index contributed by atoms with van der Waals surface area (Å²) in [7, 11) is 0. The number of hydrogen-bond donors (Lipinski definition) is 1. The first-order chi connectivity index (χ1) is 11.7. The Balaban J connectivity index is 2.06. The van der Waals surface area contributed by atoms with Crippen molar-refractivity contribution in [1.82, 2.24) is 0 Å². The molecule has 3 rings (SSSR count). The van der Waals surface area contributed by atoms with Crippen LogP contribution in [0.25, 0.3) is 0 Å². The van der Waals surface area contributed by atoms with Gasteiger partial charge in [0.1, 0.15) is 12.2 Å². The van der Waals surface area contributed by atoms with Gasteiger partial charge >= 0.3 is 11.9 Å². The highest BCUT2D eigenvalue weighted by atomic mass is 16.6. The standard InChI is InChI=1S/C20H24O5/c1-6-10(2)18(21)24-14-9-12(4)20(23)8-7-11(3)16(20)17-15(14)13(5)19(22)25-17/h6-7,9,14-17,23H,5,8H2,1-4H3. The smallest absolute Gasteiger partial charge is 0.334 e. The Morgan fingerprint density at radius 1 is 1.48 bits per heavy atom. The topological polar surface area (TPSA) is 72.8 Å². The van der Waals surface area contributed by atoms with Gasteiger partial charge in [0, 0.05) is 11.1 Å². The zero-order chi connectivity index (χ0) is 18.5. The lowest BCUT2D eigenvalue weighted by molar-refractivity contribution is -0.147. The second-order valence-corrected chi connectivity index (χ2v) is 7.17. The fraction of sp³-hybridized carbons (Fsp3) is 0.500. The van der Waals surface area contributed by atoms with Crippen molar-refractivity contribution in [1.29, 1.82) is 0 Å². The van der Waals surface area contributed by atoms with Gasteiger partial charge in [0.25, 0.3) is 0 Å². The molecule has 1 heterocycles. The van der Waals surface area contributed by atoms with E-state index < -0.39 is 35.7 Å². The molecule has 3 aliphatic rings. The van der Waals surface area contributed by atoms with Crippen LogP contribution in [-0.2, 0) is 19.1 Å². The molecule has 0 aromatic heterocycles. The zero-order valence-electron chi connectivity index (χ0n) is 15.0. The number of carbonyl (C=O) groups excluding carboxylic acids is 2. The number of rotatable bonds is 2. The summed E-state index contributed by atoms with van der Waals surface area (Å²) in [6, 6.07) is 0. The summed E-state index contributed by atoms with van der Waals surface area (Å²) in [5.41, 5.74) is 1.34. The van der Waals surface area contributed by atoms with Gasteiger partial charge in [-0.25, -0.2) is 9.59 Å². The van der Waals surface area contributed by atoms with Crippen LogP contribution in [0.15, 0.2) is 47.1 Å². The van der Waals surface area contributed by atoms with Gasteiger partial charge in [-0.3, -0.25) is 0 Å². The van der Waals surface area contributed by atoms with E-state index in [2.05, 4.69) is 6.58 Å². The molecule has 25 heavy (non-hydrogen) atoms. The van der Waals surface area contributed by atoms with Crippen LogP contribution < -0.4 is 0 Å². The summed E-state index contributed by atoms with van der Waals surface area (Å²) in [6.45, 7) is 11.1. The average molecular weight is 344 g/mol. The number of ether oxygens (including phenoxy) is 2. The average Bonchev–Trinajstić information content (AvgIpc) is 3.00. The lowest BCUT2D eigenvalue weighted by Crippen LogP contribution is -2.44. The highest BCUT2D eigenvalue weighted by Crippen LogP contribution is 2.51. The Labute approximate surface area is 147 Å². The number of allylic oxidation sites excluding steroid dienone is 1. The predicted molar refractivity (Wildman–Crippen MR) is 92.4 cm³/mol. The van der Waals surface area contributed by atoms with Crippen LogP contribution in [0.5, 0.6) is 0 Å². The molecule has 5 atom stereocenters. The van der Waals surface area contributed by atoms with Crippen molar-refractivity contribution in [3.63, 3.8) is 0 Å². The molecule has 1 fully saturated rings. The first-order valence-corrected chi connectivity index (χ1v) is 8.52. The Bertz CT molecular complexity index is 741. The Morgan fingerprint density at radius 3 is 2.80 bits per heavy atom. The number of carbonyl (C=O) groups is 2. The lowest BCUT2D eigenvalue weighted by atomic mass is 9.76. The minimum absolute atomic E-state index is 0.286. The van der Waals surface area contributed by atoms with Gasteiger partial charge in [-0.15, -0.1) is 0 Å². The molecule has 2 aliphatic carbocycles. The van der Waals surface area contributed by atoms with Crippen LogP contribution in [0.4, 0.5) is 0 Å². The summed E-state index contributed by atoms with van der Waals surface area (Å²) in [5, 5.41) is 11.3. The molecule has 0 spiro atoms. The molecule has 0 aromatic carbocycles. The third-order valence-corrected chi connectivity index (χ3v) is 5.78. The van der Waals surface area contributed by atoms with Crippen LogP contribution in [0.3, 0.4) is 0 Å². The number of aliphatic hydroxyl groups is 1. The molecule has 0 aromatic rings. The monoisotopic (exact) mass is 344 g/mol. The first-order valence-electron chi connectivity index (χ1n) is 8.52. The molecule has 134 valence electrons. The number of fused-ring (bicyclic) bond motifs is 3. The van der Waals surface area contributed by atoms with Crippen molar-refractivity contribution in [3.8, 4) is 0 Å². The van der Waals surface area contributed by atoms with Crippen molar-refractivity contribution < 1.29 is 24.2 Å². The molecule has 1 aliphatic heterocycles. The van der Waals surface area contributed by atoms with Gasteiger partial charge in [0.2, 0.25) is 0 Å². The maximum absolute atomic E-state index is 12.3. The fourth-order valence-electron chi connectivity index (χ4n) is 4.09. The molecule has 0 radical (unpaired) electrons. The Kier molecular flexibility index (Phi) is 4.23. The van der Waals surface area contributed by atoms with Crippen LogP contribution in [0.1, 0.15) is 34.1 Å². The maximum Gasteiger partial charge on any atom is 0.334 e. The number of hydrogen-bond acceptors (Lipinski definition) is 5. The van der Waals surface area contributed by atoms with Gasteiger partial charge in [0.15, 0.2) is 0 Å². The minimum Gasteiger partial charge on any atom is -0.457 e. The summed E-state index contributed by atoms with van der Waals surface area (Å²) in [4.78, 5) is 24.4. The quantitative estimate of drug-likeness (QED) is 0.474. The van der Waals surface area contributed by atoms with E-state index in [1.807, 2.05) is 19.9 Å². The van der Waals surface area contributed by atoms with E-state index in [1.54, 1.807) is 26.0 Å². The molecule has 0 bridgehead atoms. The van der Waals surface area contributed by atoms with Crippen molar-refractivity contribution in [3.05, 3.63) is 47.1 Å². The van der Waals surface area contributed by atoms with Crippen LogP contribution in [0.2, 0.25) is 0 Å². The number of esters is 2. The SMILES string of the molecule is C=C1C(=O)OC2C1C(OC(=O)C(C)=CC)C=C(C)C1(O)CC=C(C)C21. The normalized spacial score (nSPS) is 37.6. The van der Waals surface area contributed by atoms with E-state index >= 15 is 0 Å². The molecule has 1 saturated heterocycles. The second kappa shape index (κ2) is 5.99.